The number of thioether (sulfide) groups is 1. The number of anilines is 1. The fourth-order valence-corrected chi connectivity index (χ4v) is 3.80. The van der Waals surface area contributed by atoms with E-state index in [0.29, 0.717) is 17.2 Å². The highest BCUT2D eigenvalue weighted by molar-refractivity contribution is 8.00. The molecule has 0 atom stereocenters. The Kier molecular flexibility index (Phi) is 6.82. The number of methoxy groups -OCH3 is 3. The lowest BCUT2D eigenvalue weighted by Crippen LogP contribution is -2.15. The number of benzene rings is 2. The first-order valence-electron chi connectivity index (χ1n) is 9.20. The van der Waals surface area contributed by atoms with E-state index >= 15 is 0 Å². The molecule has 3 rings (SSSR count). The molecule has 1 N–H and O–H groups in total. The predicted octanol–water partition coefficient (Wildman–Crippen LogP) is 4.55. The van der Waals surface area contributed by atoms with Gasteiger partial charge >= 0.3 is 0 Å². The number of hydrogen-bond donors (Lipinski definition) is 1. The summed E-state index contributed by atoms with van der Waals surface area (Å²) in [6.45, 7) is 2.08. The van der Waals surface area contributed by atoms with E-state index in [2.05, 4.69) is 18.3 Å². The maximum atomic E-state index is 12.5. The predicted molar refractivity (Wildman–Crippen MR) is 117 cm³/mol. The Morgan fingerprint density at radius 2 is 1.72 bits per heavy atom. The van der Waals surface area contributed by atoms with Crippen molar-refractivity contribution < 1.29 is 19.0 Å². The van der Waals surface area contributed by atoms with Gasteiger partial charge in [-0.25, -0.2) is 4.98 Å². The quantitative estimate of drug-likeness (QED) is 0.547. The summed E-state index contributed by atoms with van der Waals surface area (Å²) in [6, 6.07) is 13.2. The van der Waals surface area contributed by atoms with Crippen molar-refractivity contribution in [3.8, 4) is 17.2 Å². The van der Waals surface area contributed by atoms with Crippen molar-refractivity contribution in [3.05, 3.63) is 48.0 Å². The molecule has 0 aliphatic heterocycles. The summed E-state index contributed by atoms with van der Waals surface area (Å²) in [7, 11) is 4.78. The molecule has 3 aromatic rings. The Morgan fingerprint density at radius 3 is 2.41 bits per heavy atom. The van der Waals surface area contributed by atoms with Crippen LogP contribution in [-0.2, 0) is 11.2 Å². The normalized spacial score (nSPS) is 10.6. The SMILES string of the molecule is CCc1cc2ccc(OC)cc2nc1SCC(=O)Nc1cc(OC)ccc1OC. The maximum absolute atomic E-state index is 12.5. The largest absolute Gasteiger partial charge is 0.497 e. The van der Waals surface area contributed by atoms with E-state index < -0.39 is 0 Å². The van der Waals surface area contributed by atoms with Crippen molar-refractivity contribution in [2.75, 3.05) is 32.4 Å². The van der Waals surface area contributed by atoms with Crippen LogP contribution in [0.2, 0.25) is 0 Å². The zero-order chi connectivity index (χ0) is 20.8. The van der Waals surface area contributed by atoms with Crippen LogP contribution < -0.4 is 19.5 Å². The molecule has 2 aromatic carbocycles. The Labute approximate surface area is 174 Å². The fourth-order valence-electron chi connectivity index (χ4n) is 2.91. The van der Waals surface area contributed by atoms with E-state index in [1.165, 1.54) is 11.8 Å². The lowest BCUT2D eigenvalue weighted by Gasteiger charge is -2.12. The van der Waals surface area contributed by atoms with Crippen molar-refractivity contribution in [1.29, 1.82) is 0 Å². The van der Waals surface area contributed by atoms with E-state index in [-0.39, 0.29) is 11.7 Å². The Bertz CT molecular complexity index is 1020. The summed E-state index contributed by atoms with van der Waals surface area (Å²) in [5.41, 5.74) is 2.53. The zero-order valence-corrected chi connectivity index (χ0v) is 17.8. The molecule has 6 nitrogen and oxygen atoms in total. The van der Waals surface area contributed by atoms with Crippen LogP contribution in [0.3, 0.4) is 0 Å². The number of nitrogens with zero attached hydrogens (tertiary/aromatic N) is 1. The first-order chi connectivity index (χ1) is 14.1. The van der Waals surface area contributed by atoms with Gasteiger partial charge in [0.05, 0.1) is 38.3 Å². The molecule has 0 saturated carbocycles. The number of carbonyl (C=O) groups is 1. The van der Waals surface area contributed by atoms with Crippen LogP contribution in [0.25, 0.3) is 10.9 Å². The Hall–Kier alpha value is -2.93. The van der Waals surface area contributed by atoms with Gasteiger partial charge in [0.25, 0.3) is 0 Å². The number of pyridine rings is 1. The second-order valence-corrected chi connectivity index (χ2v) is 7.23. The van der Waals surface area contributed by atoms with Gasteiger partial charge in [0.1, 0.15) is 22.3 Å². The minimum Gasteiger partial charge on any atom is -0.497 e. The second kappa shape index (κ2) is 9.52. The monoisotopic (exact) mass is 412 g/mol. The van der Waals surface area contributed by atoms with Gasteiger partial charge in [0.2, 0.25) is 5.91 Å². The van der Waals surface area contributed by atoms with Gasteiger partial charge in [-0.1, -0.05) is 18.7 Å². The van der Waals surface area contributed by atoms with E-state index in [4.69, 9.17) is 19.2 Å². The van der Waals surface area contributed by atoms with E-state index in [1.807, 2.05) is 18.2 Å². The minimum absolute atomic E-state index is 0.142. The topological polar surface area (TPSA) is 69.7 Å². The minimum atomic E-state index is -0.142. The van der Waals surface area contributed by atoms with Crippen molar-refractivity contribution in [2.45, 2.75) is 18.4 Å². The number of fused-ring (bicyclic) bond motifs is 1. The molecule has 29 heavy (non-hydrogen) atoms. The van der Waals surface area contributed by atoms with Crippen molar-refractivity contribution in [1.82, 2.24) is 4.98 Å². The molecular formula is C22H24N2O4S. The van der Waals surface area contributed by atoms with Crippen LogP contribution in [0.4, 0.5) is 5.69 Å². The van der Waals surface area contributed by atoms with E-state index in [1.54, 1.807) is 39.5 Å². The summed E-state index contributed by atoms with van der Waals surface area (Å²) >= 11 is 1.41. The summed E-state index contributed by atoms with van der Waals surface area (Å²) in [6.07, 6.45) is 0.836. The number of aryl methyl sites for hydroxylation is 1. The van der Waals surface area contributed by atoms with Gasteiger partial charge in [-0.3, -0.25) is 4.79 Å². The first-order valence-corrected chi connectivity index (χ1v) is 10.2. The molecular weight excluding hydrogens is 388 g/mol. The molecule has 1 aromatic heterocycles. The number of aromatic nitrogens is 1. The van der Waals surface area contributed by atoms with Crippen LogP contribution in [0.1, 0.15) is 12.5 Å². The number of hydrogen-bond acceptors (Lipinski definition) is 6. The molecule has 1 heterocycles. The number of rotatable bonds is 8. The second-order valence-electron chi connectivity index (χ2n) is 6.27. The molecule has 0 saturated heterocycles. The summed E-state index contributed by atoms with van der Waals surface area (Å²) < 4.78 is 15.8. The molecule has 0 bridgehead atoms. The average molecular weight is 413 g/mol. The molecule has 0 aliphatic rings. The van der Waals surface area contributed by atoms with Crippen LogP contribution in [0.5, 0.6) is 17.2 Å². The van der Waals surface area contributed by atoms with Gasteiger partial charge in [-0.05, 0) is 42.3 Å². The third kappa shape index (κ3) is 4.92. The average Bonchev–Trinajstić information content (AvgIpc) is 2.76. The highest BCUT2D eigenvalue weighted by atomic mass is 32.2. The molecule has 0 fully saturated rings. The third-order valence-corrected chi connectivity index (χ3v) is 5.50. The van der Waals surface area contributed by atoms with Crippen LogP contribution in [0.15, 0.2) is 47.5 Å². The summed E-state index contributed by atoms with van der Waals surface area (Å²) in [5, 5.41) is 4.79. The third-order valence-electron chi connectivity index (χ3n) is 4.47. The van der Waals surface area contributed by atoms with Crippen LogP contribution in [-0.4, -0.2) is 38.0 Å². The van der Waals surface area contributed by atoms with Gasteiger partial charge in [0.15, 0.2) is 0 Å². The first kappa shape index (κ1) is 20.8. The number of amides is 1. The summed E-state index contributed by atoms with van der Waals surface area (Å²) in [4.78, 5) is 17.3. The Balaban J connectivity index is 1.76. The fraction of sp³-hybridized carbons (Fsp3) is 0.273. The highest BCUT2D eigenvalue weighted by Gasteiger charge is 2.13. The molecule has 0 radical (unpaired) electrons. The Morgan fingerprint density at radius 1 is 1.00 bits per heavy atom. The number of carbonyl (C=O) groups excluding carboxylic acids is 1. The van der Waals surface area contributed by atoms with Gasteiger partial charge in [-0.15, -0.1) is 0 Å². The molecule has 0 spiro atoms. The highest BCUT2D eigenvalue weighted by Crippen LogP contribution is 2.30. The maximum Gasteiger partial charge on any atom is 0.234 e. The van der Waals surface area contributed by atoms with Crippen molar-refractivity contribution >= 4 is 34.3 Å². The van der Waals surface area contributed by atoms with Crippen LogP contribution in [0, 0.1) is 0 Å². The number of nitrogens with one attached hydrogen (secondary N) is 1. The van der Waals surface area contributed by atoms with Crippen molar-refractivity contribution in [2.24, 2.45) is 0 Å². The molecule has 1 amide bonds. The van der Waals surface area contributed by atoms with Crippen molar-refractivity contribution in [3.63, 3.8) is 0 Å². The van der Waals surface area contributed by atoms with Gasteiger partial charge < -0.3 is 19.5 Å². The van der Waals surface area contributed by atoms with Gasteiger partial charge in [0, 0.05) is 17.5 Å². The van der Waals surface area contributed by atoms with E-state index in [9.17, 15) is 4.79 Å². The zero-order valence-electron chi connectivity index (χ0n) is 16.9. The van der Waals surface area contributed by atoms with E-state index in [0.717, 1.165) is 33.7 Å². The smallest absolute Gasteiger partial charge is 0.234 e. The molecule has 152 valence electrons. The summed E-state index contributed by atoms with van der Waals surface area (Å²) in [5.74, 6) is 2.07. The molecule has 7 heteroatoms. The molecule has 0 unspecified atom stereocenters. The standard InChI is InChI=1S/C22H24N2O4S/c1-5-14-10-15-6-7-16(26-2)11-18(15)24-22(14)29-13-21(25)23-19-12-17(27-3)8-9-20(19)28-4/h6-12H,5,13H2,1-4H3,(H,23,25). The number of ether oxygens (including phenoxy) is 3. The van der Waals surface area contributed by atoms with Gasteiger partial charge in [-0.2, -0.15) is 0 Å². The molecule has 0 aliphatic carbocycles. The lowest BCUT2D eigenvalue weighted by molar-refractivity contribution is -0.113. The van der Waals surface area contributed by atoms with Crippen LogP contribution >= 0.6 is 11.8 Å². The lowest BCUT2D eigenvalue weighted by atomic mass is 10.1.